The van der Waals surface area contributed by atoms with E-state index in [1.807, 2.05) is 78.1 Å². The Hall–Kier alpha value is 0.583. The molecular weight excluding hydrogens is 335 g/mol. The maximum Gasteiger partial charge on any atom is 0.0486 e. The Morgan fingerprint density at radius 3 is 1.38 bits per heavy atom. The van der Waals surface area contributed by atoms with Gasteiger partial charge in [-0.15, -0.1) is 0 Å². The Kier molecular flexibility index (Phi) is 13.4. The number of allylic oxidation sites excluding steroid dienone is 1. The molecule has 1 N–H and O–H groups in total. The fraction of sp³-hybridized carbons (Fsp3) is 0.368. The SMILES string of the molecule is CC(C)(O)C1=[C-]CCCC1.[CH]1[CH][CH][CH][CH]1.[CH]1[CH][CH][CH][CH]1.[Zr]. The summed E-state index contributed by atoms with van der Waals surface area (Å²) in [6.45, 7) is 3.67. The van der Waals surface area contributed by atoms with Crippen LogP contribution in [0.15, 0.2) is 5.57 Å². The maximum absolute atomic E-state index is 9.54. The molecule has 0 saturated heterocycles. The van der Waals surface area contributed by atoms with E-state index in [0.717, 1.165) is 18.4 Å². The molecule has 1 nitrogen and oxygen atoms in total. The predicted octanol–water partition coefficient (Wildman–Crippen LogP) is 4.10. The Bertz CT molecular complexity index is 232. The molecule has 0 heterocycles. The molecule has 3 aliphatic carbocycles. The summed E-state index contributed by atoms with van der Waals surface area (Å²) in [7, 11) is 0. The molecule has 0 spiro atoms. The quantitative estimate of drug-likeness (QED) is 0.698. The van der Waals surface area contributed by atoms with Crippen LogP contribution in [-0.4, -0.2) is 10.7 Å². The average Bonchev–Trinajstić information content (AvgIpc) is 3.17. The van der Waals surface area contributed by atoms with Crippen molar-refractivity contribution in [3.05, 3.63) is 75.9 Å². The Morgan fingerprint density at radius 1 is 0.810 bits per heavy atom. The molecule has 0 amide bonds. The van der Waals surface area contributed by atoms with E-state index >= 15 is 0 Å². The molecule has 3 rings (SSSR count). The van der Waals surface area contributed by atoms with Crippen molar-refractivity contribution in [2.75, 3.05) is 0 Å². The van der Waals surface area contributed by atoms with Crippen LogP contribution in [0.4, 0.5) is 0 Å². The van der Waals surface area contributed by atoms with Gasteiger partial charge in [-0.25, -0.2) is 5.57 Å². The minimum atomic E-state index is -0.625. The number of hydrogen-bond donors (Lipinski definition) is 1. The molecule has 0 unspecified atom stereocenters. The van der Waals surface area contributed by atoms with Gasteiger partial charge in [0.1, 0.15) is 0 Å². The van der Waals surface area contributed by atoms with Crippen LogP contribution in [0.2, 0.25) is 0 Å². The minimum Gasteiger partial charge on any atom is -0.494 e. The summed E-state index contributed by atoms with van der Waals surface area (Å²) in [5, 5.41) is 9.54. The molecule has 0 aromatic heterocycles. The summed E-state index contributed by atoms with van der Waals surface area (Å²) in [6, 6.07) is 0. The van der Waals surface area contributed by atoms with Gasteiger partial charge in [-0.2, -0.15) is 6.42 Å². The van der Waals surface area contributed by atoms with Gasteiger partial charge < -0.3 is 11.2 Å². The third kappa shape index (κ3) is 11.8. The molecule has 0 aliphatic heterocycles. The van der Waals surface area contributed by atoms with Gasteiger partial charge in [-0.1, -0.05) is 19.3 Å². The van der Waals surface area contributed by atoms with E-state index in [1.54, 1.807) is 0 Å². The molecule has 0 atom stereocenters. The summed E-state index contributed by atoms with van der Waals surface area (Å²) in [4.78, 5) is 0. The monoisotopic (exact) mass is 359 g/mol. The second-order valence-electron chi connectivity index (χ2n) is 5.35. The first kappa shape index (κ1) is 21.6. The van der Waals surface area contributed by atoms with E-state index in [0.29, 0.717) is 0 Å². The fourth-order valence-corrected chi connectivity index (χ4v) is 1.92. The van der Waals surface area contributed by atoms with Crippen LogP contribution in [-0.2, 0) is 26.2 Å². The zero-order valence-corrected chi connectivity index (χ0v) is 15.5. The first-order valence-corrected chi connectivity index (χ1v) is 7.26. The van der Waals surface area contributed by atoms with Crippen LogP contribution in [0.25, 0.3) is 0 Å². The summed E-state index contributed by atoms with van der Waals surface area (Å²) in [5.74, 6) is 0. The zero-order chi connectivity index (χ0) is 14.7. The molecule has 10 radical (unpaired) electrons. The topological polar surface area (TPSA) is 20.2 Å². The first-order chi connectivity index (χ1) is 9.61. The molecule has 3 aliphatic rings. The fourth-order valence-electron chi connectivity index (χ4n) is 1.92. The van der Waals surface area contributed by atoms with Crippen molar-refractivity contribution in [2.24, 2.45) is 0 Å². The Balaban J connectivity index is 0.000000307. The van der Waals surface area contributed by atoms with E-state index < -0.39 is 5.60 Å². The molecule has 0 bridgehead atoms. The van der Waals surface area contributed by atoms with Gasteiger partial charge in [0, 0.05) is 31.8 Å². The summed E-state index contributed by atoms with van der Waals surface area (Å²) < 4.78 is 0. The summed E-state index contributed by atoms with van der Waals surface area (Å²) >= 11 is 0. The number of hydrogen-bond acceptors (Lipinski definition) is 1. The average molecular weight is 361 g/mol. The van der Waals surface area contributed by atoms with Crippen molar-refractivity contribution in [2.45, 2.75) is 45.1 Å². The minimum absolute atomic E-state index is 0. The van der Waals surface area contributed by atoms with E-state index in [2.05, 4.69) is 6.08 Å². The van der Waals surface area contributed by atoms with E-state index in [1.165, 1.54) is 12.8 Å². The van der Waals surface area contributed by atoms with Crippen LogP contribution in [0, 0.1) is 70.3 Å². The Labute approximate surface area is 152 Å². The molecular formula is C19H25OZr-. The van der Waals surface area contributed by atoms with Crippen LogP contribution in [0.3, 0.4) is 0 Å². The van der Waals surface area contributed by atoms with Crippen molar-refractivity contribution in [3.63, 3.8) is 0 Å². The van der Waals surface area contributed by atoms with E-state index in [4.69, 9.17) is 0 Å². The maximum atomic E-state index is 9.54. The van der Waals surface area contributed by atoms with Gasteiger partial charge in [0.05, 0.1) is 0 Å². The van der Waals surface area contributed by atoms with Crippen molar-refractivity contribution >= 4 is 0 Å². The number of aliphatic hydroxyl groups is 1. The molecule has 2 saturated carbocycles. The Morgan fingerprint density at radius 2 is 1.19 bits per heavy atom. The number of rotatable bonds is 1. The first-order valence-electron chi connectivity index (χ1n) is 7.26. The molecule has 0 aromatic rings. The van der Waals surface area contributed by atoms with Gasteiger partial charge >= 0.3 is 0 Å². The van der Waals surface area contributed by atoms with Crippen LogP contribution >= 0.6 is 0 Å². The molecule has 2 heteroatoms. The van der Waals surface area contributed by atoms with Gasteiger partial charge in [0.2, 0.25) is 0 Å². The van der Waals surface area contributed by atoms with Crippen LogP contribution < -0.4 is 0 Å². The van der Waals surface area contributed by atoms with Crippen molar-refractivity contribution in [1.82, 2.24) is 0 Å². The second kappa shape index (κ2) is 13.1. The van der Waals surface area contributed by atoms with Crippen molar-refractivity contribution < 1.29 is 31.3 Å². The smallest absolute Gasteiger partial charge is 0.0486 e. The van der Waals surface area contributed by atoms with Gasteiger partial charge in [-0.05, 0) is 78.1 Å². The normalized spacial score (nSPS) is 21.2. The summed E-state index contributed by atoms with van der Waals surface area (Å²) in [5.41, 5.74) is 0.471. The molecule has 0 aromatic carbocycles. The third-order valence-electron chi connectivity index (χ3n) is 3.04. The third-order valence-corrected chi connectivity index (χ3v) is 3.04. The molecule has 21 heavy (non-hydrogen) atoms. The molecule has 2 fully saturated rings. The van der Waals surface area contributed by atoms with E-state index in [9.17, 15) is 5.11 Å². The molecule has 112 valence electrons. The zero-order valence-electron chi connectivity index (χ0n) is 13.0. The van der Waals surface area contributed by atoms with Crippen molar-refractivity contribution in [3.8, 4) is 0 Å². The second-order valence-corrected chi connectivity index (χ2v) is 5.35. The van der Waals surface area contributed by atoms with Crippen LogP contribution in [0.1, 0.15) is 39.5 Å². The van der Waals surface area contributed by atoms with E-state index in [-0.39, 0.29) is 26.2 Å². The predicted molar refractivity (Wildman–Crippen MR) is 84.5 cm³/mol. The standard InChI is InChI=1S/C9H15O.2C5H5.Zr/c1-9(2,10)8-6-4-3-5-7-8;2*1-2-4-5-3-1;/h10H,3-6H2,1-2H3;2*1-5H;/q-1;;;. The van der Waals surface area contributed by atoms with Gasteiger partial charge in [0.25, 0.3) is 0 Å². The van der Waals surface area contributed by atoms with Crippen molar-refractivity contribution in [1.29, 1.82) is 0 Å². The van der Waals surface area contributed by atoms with Crippen LogP contribution in [0.5, 0.6) is 0 Å². The van der Waals surface area contributed by atoms with Gasteiger partial charge in [-0.3, -0.25) is 0 Å². The van der Waals surface area contributed by atoms with Gasteiger partial charge in [0.15, 0.2) is 0 Å². The summed E-state index contributed by atoms with van der Waals surface area (Å²) in [6.07, 6.45) is 27.7. The largest absolute Gasteiger partial charge is 0.494 e.